The van der Waals surface area contributed by atoms with E-state index in [1.54, 1.807) is 18.3 Å². The Morgan fingerprint density at radius 3 is 3.17 bits per heavy atom. The van der Waals surface area contributed by atoms with Crippen LogP contribution in [0, 0.1) is 0 Å². The second-order valence-corrected chi connectivity index (χ2v) is 6.03. The predicted octanol–water partition coefficient (Wildman–Crippen LogP) is 2.62. The van der Waals surface area contributed by atoms with Gasteiger partial charge < -0.3 is 5.11 Å². The molecular formula is C14H21NO2S. The Hall–Kier alpha value is -0.710. The second kappa shape index (κ2) is 6.45. The zero-order chi connectivity index (χ0) is 13.0. The van der Waals surface area contributed by atoms with E-state index in [2.05, 4.69) is 4.90 Å². The normalized spacial score (nSPS) is 22.2. The van der Waals surface area contributed by atoms with E-state index < -0.39 is 0 Å². The first-order chi connectivity index (χ1) is 8.66. The number of ketones is 1. The van der Waals surface area contributed by atoms with Crippen LogP contribution in [0.3, 0.4) is 0 Å². The van der Waals surface area contributed by atoms with Crippen LogP contribution in [0.5, 0.6) is 0 Å². The van der Waals surface area contributed by atoms with Gasteiger partial charge in [-0.05, 0) is 44.2 Å². The molecule has 1 aromatic heterocycles. The molecule has 0 amide bonds. The Kier molecular flexibility index (Phi) is 4.92. The first-order valence-corrected chi connectivity index (χ1v) is 7.49. The number of hydrogen-bond acceptors (Lipinski definition) is 4. The fraction of sp³-hybridized carbons (Fsp3) is 0.643. The van der Waals surface area contributed by atoms with Crippen LogP contribution in [0.2, 0.25) is 0 Å². The van der Waals surface area contributed by atoms with E-state index in [0.717, 1.165) is 30.8 Å². The first kappa shape index (κ1) is 13.7. The van der Waals surface area contributed by atoms with Crippen LogP contribution in [0.15, 0.2) is 17.5 Å². The highest BCUT2D eigenvalue weighted by Crippen LogP contribution is 2.29. The summed E-state index contributed by atoms with van der Waals surface area (Å²) in [4.78, 5) is 14.5. The van der Waals surface area contributed by atoms with Gasteiger partial charge in [0.2, 0.25) is 0 Å². The third-order valence-electron chi connectivity index (χ3n) is 3.62. The maximum atomic E-state index is 11.0. The topological polar surface area (TPSA) is 40.5 Å². The van der Waals surface area contributed by atoms with Crippen molar-refractivity contribution in [3.8, 4) is 0 Å². The van der Waals surface area contributed by atoms with Crippen LogP contribution in [-0.4, -0.2) is 34.9 Å². The molecule has 0 saturated carbocycles. The van der Waals surface area contributed by atoms with Crippen molar-refractivity contribution in [2.24, 2.45) is 0 Å². The molecule has 1 N–H and O–H groups in total. The molecule has 1 aliphatic rings. The predicted molar refractivity (Wildman–Crippen MR) is 73.8 cm³/mol. The second-order valence-electron chi connectivity index (χ2n) is 5.05. The van der Waals surface area contributed by atoms with E-state index in [9.17, 15) is 9.90 Å². The molecule has 4 heteroatoms. The maximum Gasteiger partial charge on any atom is 0.131 e. The minimum Gasteiger partial charge on any atom is -0.388 e. The molecule has 1 aromatic rings. The average Bonchev–Trinajstić information content (AvgIpc) is 2.97. The van der Waals surface area contributed by atoms with Gasteiger partial charge in [0.1, 0.15) is 5.78 Å². The highest BCUT2D eigenvalue weighted by molar-refractivity contribution is 7.10. The van der Waals surface area contributed by atoms with E-state index >= 15 is 0 Å². The Morgan fingerprint density at radius 2 is 2.50 bits per heavy atom. The zero-order valence-electron chi connectivity index (χ0n) is 10.8. The summed E-state index contributed by atoms with van der Waals surface area (Å²) in [5.74, 6) is 0.249. The van der Waals surface area contributed by atoms with E-state index in [1.165, 1.54) is 6.42 Å². The van der Waals surface area contributed by atoms with Crippen molar-refractivity contribution in [2.45, 2.75) is 44.8 Å². The molecule has 0 bridgehead atoms. The van der Waals surface area contributed by atoms with Crippen LogP contribution in [0.4, 0.5) is 0 Å². The molecular weight excluding hydrogens is 246 g/mol. The van der Waals surface area contributed by atoms with Crippen molar-refractivity contribution in [3.05, 3.63) is 22.4 Å². The van der Waals surface area contributed by atoms with Crippen LogP contribution in [0.25, 0.3) is 0 Å². The molecule has 2 heterocycles. The van der Waals surface area contributed by atoms with Gasteiger partial charge in [-0.3, -0.25) is 9.69 Å². The van der Waals surface area contributed by atoms with Gasteiger partial charge in [0, 0.05) is 23.9 Å². The number of carbonyl (C=O) groups is 1. The monoisotopic (exact) mass is 267 g/mol. The number of aliphatic hydroxyl groups is 1. The maximum absolute atomic E-state index is 11.0. The number of carbonyl (C=O) groups excluding carboxylic acids is 1. The van der Waals surface area contributed by atoms with Crippen molar-refractivity contribution >= 4 is 17.1 Å². The quantitative estimate of drug-likeness (QED) is 0.861. The van der Waals surface area contributed by atoms with Crippen LogP contribution in [0.1, 0.15) is 43.6 Å². The molecule has 100 valence electrons. The zero-order valence-corrected chi connectivity index (χ0v) is 11.7. The Balaban J connectivity index is 1.85. The summed E-state index contributed by atoms with van der Waals surface area (Å²) < 4.78 is 0. The lowest BCUT2D eigenvalue weighted by molar-refractivity contribution is -0.117. The average molecular weight is 267 g/mol. The van der Waals surface area contributed by atoms with Crippen molar-refractivity contribution in [2.75, 3.05) is 13.1 Å². The molecule has 3 nitrogen and oxygen atoms in total. The summed E-state index contributed by atoms with van der Waals surface area (Å²) in [7, 11) is 0. The third kappa shape index (κ3) is 3.64. The van der Waals surface area contributed by atoms with Gasteiger partial charge in [0.15, 0.2) is 0 Å². The SMILES string of the molecule is CC(=O)CCN1CCCC1CC(O)c1cccs1. The summed E-state index contributed by atoms with van der Waals surface area (Å²) in [5, 5.41) is 12.2. The smallest absolute Gasteiger partial charge is 0.131 e. The largest absolute Gasteiger partial charge is 0.388 e. The van der Waals surface area contributed by atoms with E-state index in [-0.39, 0.29) is 11.9 Å². The van der Waals surface area contributed by atoms with Gasteiger partial charge in [-0.2, -0.15) is 0 Å². The molecule has 0 aliphatic carbocycles. The molecule has 0 radical (unpaired) electrons. The molecule has 2 atom stereocenters. The molecule has 1 fully saturated rings. The highest BCUT2D eigenvalue weighted by atomic mass is 32.1. The minimum atomic E-state index is -0.354. The van der Waals surface area contributed by atoms with E-state index in [0.29, 0.717) is 12.5 Å². The minimum absolute atomic E-state index is 0.249. The van der Waals surface area contributed by atoms with Crippen LogP contribution < -0.4 is 0 Å². The number of aliphatic hydroxyl groups excluding tert-OH is 1. The van der Waals surface area contributed by atoms with Crippen LogP contribution >= 0.6 is 11.3 Å². The third-order valence-corrected chi connectivity index (χ3v) is 4.59. The molecule has 1 aliphatic heterocycles. The van der Waals surface area contributed by atoms with E-state index in [4.69, 9.17) is 0 Å². The summed E-state index contributed by atoms with van der Waals surface area (Å²) >= 11 is 1.61. The van der Waals surface area contributed by atoms with Gasteiger partial charge in [0.05, 0.1) is 6.10 Å². The first-order valence-electron chi connectivity index (χ1n) is 6.62. The van der Waals surface area contributed by atoms with Gasteiger partial charge in [-0.1, -0.05) is 6.07 Å². The van der Waals surface area contributed by atoms with Gasteiger partial charge in [-0.25, -0.2) is 0 Å². The lowest BCUT2D eigenvalue weighted by atomic mass is 10.1. The van der Waals surface area contributed by atoms with Crippen molar-refractivity contribution in [1.29, 1.82) is 0 Å². The number of Topliss-reactive ketones (excluding diaryl/α,β-unsaturated/α-hetero) is 1. The summed E-state index contributed by atoms with van der Waals surface area (Å²) in [5.41, 5.74) is 0. The number of hydrogen-bond donors (Lipinski definition) is 1. The number of likely N-dealkylation sites (tertiary alicyclic amines) is 1. The highest BCUT2D eigenvalue weighted by Gasteiger charge is 2.27. The van der Waals surface area contributed by atoms with Gasteiger partial charge in [-0.15, -0.1) is 11.3 Å². The molecule has 1 saturated heterocycles. The fourth-order valence-corrected chi connectivity index (χ4v) is 3.34. The molecule has 0 spiro atoms. The number of nitrogens with zero attached hydrogens (tertiary/aromatic N) is 1. The molecule has 2 rings (SSSR count). The van der Waals surface area contributed by atoms with Gasteiger partial charge >= 0.3 is 0 Å². The van der Waals surface area contributed by atoms with E-state index in [1.807, 2.05) is 17.5 Å². The Bertz CT molecular complexity index is 377. The molecule has 0 aromatic carbocycles. The fourth-order valence-electron chi connectivity index (χ4n) is 2.61. The summed E-state index contributed by atoms with van der Waals surface area (Å²) in [6.45, 7) is 3.55. The van der Waals surface area contributed by atoms with Crippen molar-refractivity contribution in [3.63, 3.8) is 0 Å². The molecule has 2 unspecified atom stereocenters. The number of rotatable bonds is 6. The Labute approximate surface area is 112 Å². The van der Waals surface area contributed by atoms with Crippen molar-refractivity contribution < 1.29 is 9.90 Å². The summed E-state index contributed by atoms with van der Waals surface area (Å²) in [6.07, 6.45) is 3.39. The number of thiophene rings is 1. The standard InChI is InChI=1S/C14H21NO2S/c1-11(16)6-8-15-7-2-4-12(15)10-13(17)14-5-3-9-18-14/h3,5,9,12-13,17H,2,4,6-8,10H2,1H3. The lowest BCUT2D eigenvalue weighted by Gasteiger charge is -2.25. The lowest BCUT2D eigenvalue weighted by Crippen LogP contribution is -2.32. The summed E-state index contributed by atoms with van der Waals surface area (Å²) in [6, 6.07) is 4.40. The molecule has 18 heavy (non-hydrogen) atoms. The van der Waals surface area contributed by atoms with Crippen LogP contribution in [-0.2, 0) is 4.79 Å². The van der Waals surface area contributed by atoms with Gasteiger partial charge in [0.25, 0.3) is 0 Å². The van der Waals surface area contributed by atoms with Crippen molar-refractivity contribution in [1.82, 2.24) is 4.90 Å². The Morgan fingerprint density at radius 1 is 1.67 bits per heavy atom.